The van der Waals surface area contributed by atoms with Crippen LogP contribution in [-0.4, -0.2) is 9.13 Å². The maximum absolute atomic E-state index is 6.96. The second-order valence-corrected chi connectivity index (χ2v) is 34.1. The summed E-state index contributed by atoms with van der Waals surface area (Å²) < 4.78 is 18.6. The monoisotopic (exact) mass is 1680 g/mol. The summed E-state index contributed by atoms with van der Waals surface area (Å²) in [6.07, 6.45) is 0. The van der Waals surface area contributed by atoms with E-state index in [1.807, 2.05) is 6.07 Å². The maximum Gasteiger partial charge on any atom is 0.143 e. The van der Waals surface area contributed by atoms with Gasteiger partial charge in [-0.25, -0.2) is 0 Å². The Morgan fingerprint density at radius 1 is 0.159 bits per heavy atom. The normalized spacial score (nSPS) is 11.6. The van der Waals surface area contributed by atoms with Crippen LogP contribution < -0.4 is 9.80 Å². The molecule has 0 saturated carbocycles. The van der Waals surface area contributed by atoms with Crippen molar-refractivity contribution in [3.63, 3.8) is 0 Å². The quantitative estimate of drug-likeness (QED) is 0.0859. The Hall–Kier alpha value is -17.6. The summed E-state index contributed by atoms with van der Waals surface area (Å²) in [7, 11) is 0. The number of nitrogens with zero attached hydrogens (tertiary/aromatic N) is 4. The van der Waals surface area contributed by atoms with Crippen molar-refractivity contribution in [3.8, 4) is 123 Å². The minimum Gasteiger partial charge on any atom is -0.455 e. The number of rotatable bonds is 18. The van der Waals surface area contributed by atoms with Gasteiger partial charge in [-0.05, 0) is 211 Å². The highest BCUT2D eigenvalue weighted by Gasteiger charge is 2.26. The van der Waals surface area contributed by atoms with Gasteiger partial charge in [0.2, 0.25) is 0 Å². The Balaban J connectivity index is 0.504. The van der Waals surface area contributed by atoms with Gasteiger partial charge in [-0.1, -0.05) is 370 Å². The van der Waals surface area contributed by atoms with Crippen LogP contribution in [0.1, 0.15) is 0 Å². The third kappa shape index (κ3) is 13.4. The summed E-state index contributed by atoms with van der Waals surface area (Å²) in [6.45, 7) is 0. The average molecular weight is 1680 g/mol. The Bertz CT molecular complexity index is 8600. The third-order valence-electron chi connectivity index (χ3n) is 26.6. The lowest BCUT2D eigenvalue weighted by Crippen LogP contribution is -2.11. The first kappa shape index (κ1) is 76.8. The van der Waals surface area contributed by atoms with Crippen LogP contribution in [0, 0.1) is 0 Å². The van der Waals surface area contributed by atoms with E-state index in [-0.39, 0.29) is 0 Å². The molecule has 132 heavy (non-hydrogen) atoms. The van der Waals surface area contributed by atoms with Gasteiger partial charge in [0.15, 0.2) is 0 Å². The summed E-state index contributed by atoms with van der Waals surface area (Å²) in [5.41, 5.74) is 39.0. The Morgan fingerprint density at radius 3 is 0.970 bits per heavy atom. The number of hydrogen-bond donors (Lipinski definition) is 0. The molecule has 4 aromatic heterocycles. The first-order valence-electron chi connectivity index (χ1n) is 45.2. The van der Waals surface area contributed by atoms with E-state index in [9.17, 15) is 0 Å². The number of anilines is 6. The first-order chi connectivity index (χ1) is 65.5. The highest BCUT2D eigenvalue weighted by atomic mass is 16.3. The lowest BCUT2D eigenvalue weighted by atomic mass is 9.92. The van der Waals surface area contributed by atoms with E-state index < -0.39 is 0 Å². The minimum absolute atomic E-state index is 0.854. The molecule has 6 nitrogen and oxygen atoms in total. The van der Waals surface area contributed by atoms with Gasteiger partial charge in [0.1, 0.15) is 22.3 Å². The fourth-order valence-electron chi connectivity index (χ4n) is 20.3. The topological polar surface area (TPSA) is 42.6 Å². The zero-order valence-corrected chi connectivity index (χ0v) is 71.9. The third-order valence-corrected chi connectivity index (χ3v) is 26.6. The molecule has 4 heterocycles. The highest BCUT2D eigenvalue weighted by Crippen LogP contribution is 2.50. The molecular weight excluding hydrogens is 1600 g/mol. The van der Waals surface area contributed by atoms with Gasteiger partial charge in [0.25, 0.3) is 0 Å². The van der Waals surface area contributed by atoms with Gasteiger partial charge in [0.05, 0.1) is 39.1 Å². The second-order valence-electron chi connectivity index (χ2n) is 34.1. The van der Waals surface area contributed by atoms with Crippen LogP contribution >= 0.6 is 0 Å². The van der Waals surface area contributed by atoms with Crippen LogP contribution in [0.2, 0.25) is 0 Å². The van der Waals surface area contributed by atoms with Crippen molar-refractivity contribution in [1.82, 2.24) is 9.13 Å². The number of fused-ring (bicyclic) bond motifs is 12. The molecule has 0 amide bonds. The van der Waals surface area contributed by atoms with Crippen molar-refractivity contribution in [3.05, 3.63) is 497 Å². The molecule has 0 aliphatic heterocycles. The summed E-state index contributed by atoms with van der Waals surface area (Å²) in [4.78, 5) is 4.74. The summed E-state index contributed by atoms with van der Waals surface area (Å²) in [5, 5.41) is 9.28. The van der Waals surface area contributed by atoms with Crippen LogP contribution in [0.4, 0.5) is 34.1 Å². The Kier molecular flexibility index (Phi) is 18.8. The summed E-state index contributed by atoms with van der Waals surface area (Å²) >= 11 is 0. The number of furan rings is 2. The molecule has 0 saturated heterocycles. The molecule has 618 valence electrons. The largest absolute Gasteiger partial charge is 0.455 e. The summed E-state index contributed by atoms with van der Waals surface area (Å²) in [6, 6.07) is 181. The lowest BCUT2D eigenvalue weighted by molar-refractivity contribution is 0.669. The predicted octanol–water partition coefficient (Wildman–Crippen LogP) is 35.3. The molecule has 0 radical (unpaired) electrons. The van der Waals surface area contributed by atoms with Crippen LogP contribution in [0.15, 0.2) is 506 Å². The number of benzene rings is 21. The van der Waals surface area contributed by atoms with E-state index in [2.05, 4.69) is 510 Å². The van der Waals surface area contributed by atoms with E-state index in [1.54, 1.807) is 0 Å². The fraction of sp³-hybridized carbons (Fsp3) is 0. The molecule has 0 atom stereocenters. The van der Waals surface area contributed by atoms with Crippen molar-refractivity contribution in [2.75, 3.05) is 9.80 Å². The zero-order chi connectivity index (χ0) is 87.1. The van der Waals surface area contributed by atoms with Gasteiger partial charge in [-0.3, -0.25) is 0 Å². The van der Waals surface area contributed by atoms with Crippen LogP contribution in [0.5, 0.6) is 0 Å². The fourth-order valence-corrected chi connectivity index (χ4v) is 20.3. The molecule has 0 spiro atoms. The Labute approximate surface area is 764 Å². The first-order valence-corrected chi connectivity index (χ1v) is 45.2. The lowest BCUT2D eigenvalue weighted by Gasteiger charge is -2.28. The highest BCUT2D eigenvalue weighted by molar-refractivity contribution is 6.18. The standard InChI is InChI=1S/C126H82N4O2/c1-4-26-83(27-5-1)94-66-76-102(120(81-94)129-116-44-18-10-34-106(116)107-35-11-19-45-117(107)129)90-62-72-99(73-63-90)127(97-32-8-3-9-33-97)98-68-58-87(59-69-98)86-54-56-92(57-55-86)105-79-78-104(124-114-40-16-23-49-123(114)132-126(105)124)96-31-24-30-93(80-96)89-52-50-85(51-53-89)88-60-70-100(71-61-88)128(115-43-17-14-38-110(115)112-41-25-42-113-111-39-15-22-48-122(111)131-125(112)113)101-74-64-91(65-75-101)103-77-67-95(84-28-6-2-7-29-84)82-121(103)130-118-46-20-12-36-108(118)109-37-13-21-47-119(109)130/h1-82H. The van der Waals surface area contributed by atoms with Crippen LogP contribution in [0.25, 0.3) is 210 Å². The molecule has 25 aromatic rings. The van der Waals surface area contributed by atoms with E-state index in [0.717, 1.165) is 184 Å². The van der Waals surface area contributed by atoms with E-state index in [1.165, 1.54) is 60.3 Å². The van der Waals surface area contributed by atoms with Gasteiger partial charge in [-0.2, -0.15) is 0 Å². The smallest absolute Gasteiger partial charge is 0.143 e. The molecule has 21 aromatic carbocycles. The molecule has 0 fully saturated rings. The number of aromatic nitrogens is 2. The minimum atomic E-state index is 0.854. The van der Waals surface area contributed by atoms with Crippen molar-refractivity contribution >= 4 is 122 Å². The van der Waals surface area contributed by atoms with Crippen LogP contribution in [0.3, 0.4) is 0 Å². The van der Waals surface area contributed by atoms with Gasteiger partial charge in [-0.15, -0.1) is 0 Å². The number of hydrogen-bond acceptors (Lipinski definition) is 4. The molecule has 0 aliphatic carbocycles. The van der Waals surface area contributed by atoms with Crippen molar-refractivity contribution < 1.29 is 8.83 Å². The second kappa shape index (κ2) is 32.4. The molecule has 0 bridgehead atoms. The van der Waals surface area contributed by atoms with E-state index in [0.29, 0.717) is 0 Å². The predicted molar refractivity (Wildman–Crippen MR) is 553 cm³/mol. The Morgan fingerprint density at radius 2 is 0.462 bits per heavy atom. The average Bonchev–Trinajstić information content (AvgIpc) is 1.59. The van der Waals surface area contributed by atoms with Gasteiger partial charge >= 0.3 is 0 Å². The molecule has 0 aliphatic rings. The zero-order valence-electron chi connectivity index (χ0n) is 71.9. The number of para-hydroxylation sites is 9. The summed E-state index contributed by atoms with van der Waals surface area (Å²) in [5.74, 6) is 0. The van der Waals surface area contributed by atoms with Crippen molar-refractivity contribution in [2.45, 2.75) is 0 Å². The van der Waals surface area contributed by atoms with Crippen LogP contribution in [-0.2, 0) is 0 Å². The molecule has 0 N–H and O–H groups in total. The van der Waals surface area contributed by atoms with Gasteiger partial charge in [0, 0.05) is 99.3 Å². The molecule has 6 heteroatoms. The molecule has 25 rings (SSSR count). The van der Waals surface area contributed by atoms with Gasteiger partial charge < -0.3 is 27.8 Å². The van der Waals surface area contributed by atoms with E-state index in [4.69, 9.17) is 8.83 Å². The SMILES string of the molecule is c1ccc(-c2ccc(-c3ccc(N(c4ccccc4)c4ccc(-c5ccc(-c6ccc(-c7cccc(-c8ccc(-c9ccc(N(c%10ccc(-c%11ccc(-c%12ccccc%12)cc%11-n%11c%12ccccc%12c%12ccccc%12%11)cc%10)c%10ccccc%10-c%10cccc%11c%10oc%10ccccc%10%11)cc9)cc8)c7)c7c6oc6ccccc67)cc5)cc4)cc3)c(-n3c4ccccc4c4ccccc43)c2)cc1. The molecule has 0 unspecified atom stereocenters. The van der Waals surface area contributed by atoms with E-state index >= 15 is 0 Å². The van der Waals surface area contributed by atoms with Crippen molar-refractivity contribution in [1.29, 1.82) is 0 Å². The maximum atomic E-state index is 6.96. The molecular formula is C126H82N4O2. The van der Waals surface area contributed by atoms with Crippen molar-refractivity contribution in [2.24, 2.45) is 0 Å².